The van der Waals surface area contributed by atoms with Crippen LogP contribution in [0.3, 0.4) is 0 Å². The van der Waals surface area contributed by atoms with Gasteiger partial charge in [-0.15, -0.1) is 0 Å². The molecule has 21 heavy (non-hydrogen) atoms. The summed E-state index contributed by atoms with van der Waals surface area (Å²) in [7, 11) is 0. The van der Waals surface area contributed by atoms with E-state index in [2.05, 4.69) is 0 Å². The van der Waals surface area contributed by atoms with Crippen molar-refractivity contribution in [1.29, 1.82) is 5.26 Å². The summed E-state index contributed by atoms with van der Waals surface area (Å²) in [5.41, 5.74) is -0.651. The van der Waals surface area contributed by atoms with Crippen molar-refractivity contribution in [3.63, 3.8) is 0 Å². The van der Waals surface area contributed by atoms with Crippen LogP contribution in [0.25, 0.3) is 0 Å². The second-order valence-corrected chi connectivity index (χ2v) is 5.73. The lowest BCUT2D eigenvalue weighted by Crippen LogP contribution is -2.44. The third-order valence-corrected chi connectivity index (χ3v) is 2.84. The van der Waals surface area contributed by atoms with Gasteiger partial charge in [-0.3, -0.25) is 4.90 Å². The topological polar surface area (TPSA) is 88.9 Å². The van der Waals surface area contributed by atoms with Gasteiger partial charge in [0.1, 0.15) is 17.7 Å². The van der Waals surface area contributed by atoms with E-state index in [9.17, 15) is 9.59 Å². The number of hydrogen-bond donors (Lipinski definition) is 0. The summed E-state index contributed by atoms with van der Waals surface area (Å²) in [6.07, 6.45) is -0.470. The number of carbonyl (C=O) groups excluding carboxylic acids is 2. The molecule has 0 bridgehead atoms. The fourth-order valence-electron chi connectivity index (χ4n) is 2.10. The van der Waals surface area contributed by atoms with Crippen molar-refractivity contribution in [2.45, 2.75) is 51.9 Å². The molecule has 1 heterocycles. The largest absolute Gasteiger partial charge is 0.449 e. The lowest BCUT2D eigenvalue weighted by molar-refractivity contribution is -0.147. The third kappa shape index (κ3) is 5.23. The second-order valence-electron chi connectivity index (χ2n) is 5.73. The van der Waals surface area contributed by atoms with Crippen molar-refractivity contribution in [2.24, 2.45) is 0 Å². The van der Waals surface area contributed by atoms with Gasteiger partial charge in [0.2, 0.25) is 0 Å². The minimum atomic E-state index is -0.773. The summed E-state index contributed by atoms with van der Waals surface area (Å²) in [4.78, 5) is 25.4. The van der Waals surface area contributed by atoms with E-state index in [1.165, 1.54) is 4.90 Å². The molecular weight excluding hydrogens is 276 g/mol. The Morgan fingerprint density at radius 1 is 1.38 bits per heavy atom. The summed E-state index contributed by atoms with van der Waals surface area (Å²) in [6, 6.07) is 0.958. The summed E-state index contributed by atoms with van der Waals surface area (Å²) in [5, 5.41) is 8.46. The zero-order valence-corrected chi connectivity index (χ0v) is 12.9. The molecule has 0 N–H and O–H groups in total. The van der Waals surface area contributed by atoms with Crippen molar-refractivity contribution >= 4 is 12.1 Å². The SMILES string of the molecule is CCOC1CC(C(=O)OCC#N)N(C(=O)OC(C)(C)C)C1. The van der Waals surface area contributed by atoms with E-state index in [-0.39, 0.29) is 19.3 Å². The van der Waals surface area contributed by atoms with Crippen LogP contribution < -0.4 is 0 Å². The first-order valence-corrected chi connectivity index (χ1v) is 6.93. The van der Waals surface area contributed by atoms with Crippen LogP contribution in [0.2, 0.25) is 0 Å². The summed E-state index contributed by atoms with van der Waals surface area (Å²) >= 11 is 0. The Labute approximate surface area is 124 Å². The number of rotatable bonds is 4. The minimum absolute atomic E-state index is 0.234. The van der Waals surface area contributed by atoms with E-state index < -0.39 is 23.7 Å². The molecule has 0 aromatic rings. The van der Waals surface area contributed by atoms with Crippen molar-refractivity contribution < 1.29 is 23.8 Å². The number of ether oxygens (including phenoxy) is 3. The Hall–Kier alpha value is -1.81. The van der Waals surface area contributed by atoms with E-state index in [0.29, 0.717) is 13.0 Å². The molecule has 1 amide bonds. The van der Waals surface area contributed by atoms with Gasteiger partial charge in [-0.25, -0.2) is 9.59 Å². The summed E-state index contributed by atoms with van der Waals surface area (Å²) in [6.45, 7) is 7.54. The van der Waals surface area contributed by atoms with Crippen LogP contribution in [0, 0.1) is 11.3 Å². The zero-order valence-electron chi connectivity index (χ0n) is 12.9. The summed E-state index contributed by atoms with van der Waals surface area (Å²) in [5.74, 6) is -0.607. The maximum Gasteiger partial charge on any atom is 0.411 e. The predicted octanol–water partition coefficient (Wildman–Crippen LogP) is 1.47. The highest BCUT2D eigenvalue weighted by atomic mass is 16.6. The third-order valence-electron chi connectivity index (χ3n) is 2.84. The number of carbonyl (C=O) groups is 2. The molecule has 1 aliphatic rings. The van der Waals surface area contributed by atoms with Crippen LogP contribution in [-0.4, -0.2) is 54.5 Å². The first-order chi connectivity index (χ1) is 9.78. The van der Waals surface area contributed by atoms with E-state index in [0.717, 1.165) is 0 Å². The Morgan fingerprint density at radius 3 is 2.57 bits per heavy atom. The van der Waals surface area contributed by atoms with Crippen molar-refractivity contribution in [3.05, 3.63) is 0 Å². The van der Waals surface area contributed by atoms with Crippen LogP contribution in [0.15, 0.2) is 0 Å². The zero-order chi connectivity index (χ0) is 16.0. The van der Waals surface area contributed by atoms with Crippen LogP contribution in [0.5, 0.6) is 0 Å². The first-order valence-electron chi connectivity index (χ1n) is 6.93. The fraction of sp³-hybridized carbons (Fsp3) is 0.786. The first kappa shape index (κ1) is 17.2. The van der Waals surface area contributed by atoms with Crippen molar-refractivity contribution in [1.82, 2.24) is 4.90 Å². The normalized spacial score (nSPS) is 21.8. The number of nitrogens with zero attached hydrogens (tertiary/aromatic N) is 2. The molecule has 7 heteroatoms. The van der Waals surface area contributed by atoms with Gasteiger partial charge >= 0.3 is 12.1 Å². The highest BCUT2D eigenvalue weighted by molar-refractivity contribution is 5.82. The van der Waals surface area contributed by atoms with Crippen molar-refractivity contribution in [3.8, 4) is 6.07 Å². The van der Waals surface area contributed by atoms with Gasteiger partial charge in [0.15, 0.2) is 6.61 Å². The Bertz CT molecular complexity index is 424. The average Bonchev–Trinajstić information content (AvgIpc) is 2.78. The summed E-state index contributed by atoms with van der Waals surface area (Å²) < 4.78 is 15.6. The number of likely N-dealkylation sites (tertiary alicyclic amines) is 1. The lowest BCUT2D eigenvalue weighted by atomic mass is 10.2. The van der Waals surface area contributed by atoms with Gasteiger partial charge in [0.25, 0.3) is 0 Å². The molecule has 0 radical (unpaired) electrons. The number of esters is 1. The van der Waals surface area contributed by atoms with Crippen LogP contribution in [-0.2, 0) is 19.0 Å². The molecule has 1 fully saturated rings. The van der Waals surface area contributed by atoms with Gasteiger partial charge in [-0.05, 0) is 27.7 Å². The molecule has 0 aromatic heterocycles. The maximum absolute atomic E-state index is 12.2. The molecule has 1 rings (SSSR count). The molecule has 7 nitrogen and oxygen atoms in total. The standard InChI is InChI=1S/C14H22N2O5/c1-5-19-10-8-11(12(17)20-7-6-15)16(9-10)13(18)21-14(2,3)4/h10-11H,5,7-9H2,1-4H3. The quantitative estimate of drug-likeness (QED) is 0.730. The molecular formula is C14H22N2O5. The molecule has 0 aliphatic carbocycles. The molecule has 2 unspecified atom stereocenters. The van der Waals surface area contributed by atoms with Gasteiger partial charge in [0, 0.05) is 13.0 Å². The lowest BCUT2D eigenvalue weighted by Gasteiger charge is -2.27. The Balaban J connectivity index is 2.78. The van der Waals surface area contributed by atoms with Gasteiger partial charge in [-0.1, -0.05) is 0 Å². The molecule has 1 aliphatic heterocycles. The molecule has 118 valence electrons. The molecule has 1 saturated heterocycles. The Morgan fingerprint density at radius 2 is 2.05 bits per heavy atom. The van der Waals surface area contributed by atoms with Gasteiger partial charge < -0.3 is 14.2 Å². The van der Waals surface area contributed by atoms with E-state index in [1.807, 2.05) is 6.92 Å². The van der Waals surface area contributed by atoms with Crippen molar-refractivity contribution in [2.75, 3.05) is 19.8 Å². The highest BCUT2D eigenvalue weighted by Crippen LogP contribution is 2.24. The second kappa shape index (κ2) is 7.27. The monoisotopic (exact) mass is 298 g/mol. The number of nitriles is 1. The minimum Gasteiger partial charge on any atom is -0.449 e. The van der Waals surface area contributed by atoms with Crippen LogP contribution in [0.1, 0.15) is 34.1 Å². The van der Waals surface area contributed by atoms with Gasteiger partial charge in [-0.2, -0.15) is 5.26 Å². The molecule has 0 spiro atoms. The molecule has 2 atom stereocenters. The van der Waals surface area contributed by atoms with E-state index in [1.54, 1.807) is 26.8 Å². The molecule has 0 aromatic carbocycles. The molecule has 0 saturated carbocycles. The van der Waals surface area contributed by atoms with Gasteiger partial charge in [0.05, 0.1) is 12.6 Å². The van der Waals surface area contributed by atoms with E-state index in [4.69, 9.17) is 19.5 Å². The smallest absolute Gasteiger partial charge is 0.411 e. The number of amides is 1. The number of hydrogen-bond acceptors (Lipinski definition) is 6. The Kier molecular flexibility index (Phi) is 5.97. The maximum atomic E-state index is 12.2. The van der Waals surface area contributed by atoms with E-state index >= 15 is 0 Å². The average molecular weight is 298 g/mol. The predicted molar refractivity (Wildman–Crippen MR) is 73.3 cm³/mol. The fourth-order valence-corrected chi connectivity index (χ4v) is 2.10. The van der Waals surface area contributed by atoms with Crippen LogP contribution >= 0.6 is 0 Å². The van der Waals surface area contributed by atoms with Crippen LogP contribution in [0.4, 0.5) is 4.79 Å². The highest BCUT2D eigenvalue weighted by Gasteiger charge is 2.42.